The molecule has 1 atom stereocenters. The number of nitrogens with zero attached hydrogens (tertiary/aromatic N) is 1. The normalized spacial score (nSPS) is 16.4. The number of amides is 3. The first kappa shape index (κ1) is 18.5. The summed E-state index contributed by atoms with van der Waals surface area (Å²) in [5.41, 5.74) is 4.72. The molecule has 27 heavy (non-hydrogen) atoms. The van der Waals surface area contributed by atoms with Crippen LogP contribution < -0.4 is 20.9 Å². The number of hydrogen-bond donors (Lipinski definition) is 3. The smallest absolute Gasteiger partial charge is 0.319 e. The van der Waals surface area contributed by atoms with Crippen molar-refractivity contribution in [1.29, 1.82) is 0 Å². The molecule has 0 saturated carbocycles. The fourth-order valence-corrected chi connectivity index (χ4v) is 3.13. The maximum absolute atomic E-state index is 13.0. The van der Waals surface area contributed by atoms with Crippen molar-refractivity contribution in [3.05, 3.63) is 70.9 Å². The number of urea groups is 1. The molecule has 1 aliphatic rings. The molecule has 2 aromatic rings. The molecule has 140 valence electrons. The number of benzene rings is 2. The monoisotopic (exact) mass is 364 g/mol. The lowest BCUT2D eigenvalue weighted by molar-refractivity contribution is -0.113. The molecule has 3 rings (SSSR count). The molecule has 6 heteroatoms. The maximum atomic E-state index is 13.0. The average Bonchev–Trinajstić information content (AvgIpc) is 2.61. The molecule has 1 aliphatic heterocycles. The molecule has 0 spiro atoms. The number of allylic oxidation sites excluding steroid dienone is 1. The number of carbonyl (C=O) groups excluding carboxylic acids is 2. The summed E-state index contributed by atoms with van der Waals surface area (Å²) in [4.78, 5) is 27.0. The zero-order valence-electron chi connectivity index (χ0n) is 16.0. The third-order valence-electron chi connectivity index (χ3n) is 4.53. The van der Waals surface area contributed by atoms with Crippen LogP contribution in [0.3, 0.4) is 0 Å². The van der Waals surface area contributed by atoms with Crippen LogP contribution >= 0.6 is 0 Å². The average molecular weight is 364 g/mol. The highest BCUT2D eigenvalue weighted by Crippen LogP contribution is 2.29. The SMILES string of the molecule is CC1=C(C(=O)Nc2cccc(C)c2)C(c2ccc(N(C)C)cc2)NC(=O)N1. The van der Waals surface area contributed by atoms with Gasteiger partial charge in [0.1, 0.15) is 0 Å². The van der Waals surface area contributed by atoms with Gasteiger partial charge in [-0.05, 0) is 49.2 Å². The Morgan fingerprint density at radius 3 is 2.41 bits per heavy atom. The second kappa shape index (κ2) is 7.53. The highest BCUT2D eigenvalue weighted by Gasteiger charge is 2.31. The summed E-state index contributed by atoms with van der Waals surface area (Å²) in [5.74, 6) is -0.243. The molecule has 1 heterocycles. The second-order valence-corrected chi connectivity index (χ2v) is 6.88. The van der Waals surface area contributed by atoms with Gasteiger partial charge in [-0.15, -0.1) is 0 Å². The van der Waals surface area contributed by atoms with Gasteiger partial charge in [-0.1, -0.05) is 24.3 Å². The first-order chi connectivity index (χ1) is 12.8. The Morgan fingerprint density at radius 1 is 1.07 bits per heavy atom. The summed E-state index contributed by atoms with van der Waals surface area (Å²) < 4.78 is 0. The Labute approximate surface area is 159 Å². The van der Waals surface area contributed by atoms with Crippen LogP contribution in [0.2, 0.25) is 0 Å². The summed E-state index contributed by atoms with van der Waals surface area (Å²) in [6, 6.07) is 14.6. The van der Waals surface area contributed by atoms with E-state index in [-0.39, 0.29) is 11.9 Å². The predicted molar refractivity (Wildman–Crippen MR) is 108 cm³/mol. The van der Waals surface area contributed by atoms with Gasteiger partial charge in [-0.2, -0.15) is 0 Å². The van der Waals surface area contributed by atoms with E-state index in [1.165, 1.54) is 0 Å². The summed E-state index contributed by atoms with van der Waals surface area (Å²) in [6.45, 7) is 3.71. The molecule has 6 nitrogen and oxygen atoms in total. The Hall–Kier alpha value is -3.28. The molecule has 0 bridgehead atoms. The van der Waals surface area contributed by atoms with E-state index < -0.39 is 6.04 Å². The van der Waals surface area contributed by atoms with Crippen LogP contribution in [0.1, 0.15) is 24.1 Å². The molecule has 1 unspecified atom stereocenters. The Morgan fingerprint density at radius 2 is 1.78 bits per heavy atom. The Bertz CT molecular complexity index is 901. The number of rotatable bonds is 4. The van der Waals surface area contributed by atoms with Crippen LogP contribution in [0.25, 0.3) is 0 Å². The minimum Gasteiger partial charge on any atom is -0.378 e. The van der Waals surface area contributed by atoms with Crippen LogP contribution in [0, 0.1) is 6.92 Å². The van der Waals surface area contributed by atoms with Crippen LogP contribution in [0.5, 0.6) is 0 Å². The van der Waals surface area contributed by atoms with Crippen molar-refractivity contribution in [2.75, 3.05) is 24.3 Å². The molecule has 2 aromatic carbocycles. The number of nitrogens with one attached hydrogen (secondary N) is 3. The lowest BCUT2D eigenvalue weighted by Crippen LogP contribution is -2.45. The first-order valence-electron chi connectivity index (χ1n) is 8.79. The lowest BCUT2D eigenvalue weighted by Gasteiger charge is -2.29. The molecular weight excluding hydrogens is 340 g/mol. The van der Waals surface area contributed by atoms with Gasteiger partial charge in [0.15, 0.2) is 0 Å². The predicted octanol–water partition coefficient (Wildman–Crippen LogP) is 3.33. The Kier molecular flexibility index (Phi) is 5.16. The first-order valence-corrected chi connectivity index (χ1v) is 8.79. The third-order valence-corrected chi connectivity index (χ3v) is 4.53. The van der Waals surface area contributed by atoms with Gasteiger partial charge in [0.05, 0.1) is 11.6 Å². The lowest BCUT2D eigenvalue weighted by atomic mass is 9.94. The van der Waals surface area contributed by atoms with Crippen molar-refractivity contribution in [2.24, 2.45) is 0 Å². The van der Waals surface area contributed by atoms with Gasteiger partial charge in [0.2, 0.25) is 0 Å². The summed E-state index contributed by atoms with van der Waals surface area (Å²) in [7, 11) is 3.93. The standard InChI is InChI=1S/C21H24N4O2/c1-13-6-5-7-16(12-13)23-20(26)18-14(2)22-21(27)24-19(18)15-8-10-17(11-9-15)25(3)4/h5-12,19H,1-4H3,(H,23,26)(H2,22,24,27). The molecule has 0 radical (unpaired) electrons. The zero-order chi connectivity index (χ0) is 19.6. The van der Waals surface area contributed by atoms with Crippen LogP contribution in [-0.4, -0.2) is 26.0 Å². The second-order valence-electron chi connectivity index (χ2n) is 6.88. The largest absolute Gasteiger partial charge is 0.378 e. The fraction of sp³-hybridized carbons (Fsp3) is 0.238. The molecule has 0 aliphatic carbocycles. The Balaban J connectivity index is 1.92. The van der Waals surface area contributed by atoms with E-state index in [0.29, 0.717) is 11.3 Å². The fourth-order valence-electron chi connectivity index (χ4n) is 3.13. The van der Waals surface area contributed by atoms with Crippen LogP contribution in [-0.2, 0) is 4.79 Å². The number of hydrogen-bond acceptors (Lipinski definition) is 3. The summed E-state index contributed by atoms with van der Waals surface area (Å²) >= 11 is 0. The van der Waals surface area contributed by atoms with E-state index in [1.807, 2.05) is 74.4 Å². The summed E-state index contributed by atoms with van der Waals surface area (Å²) in [5, 5.41) is 8.49. The number of carbonyl (C=O) groups is 2. The van der Waals surface area contributed by atoms with Gasteiger partial charge < -0.3 is 20.9 Å². The topological polar surface area (TPSA) is 73.5 Å². The molecule has 0 fully saturated rings. The van der Waals surface area contributed by atoms with Crippen molar-refractivity contribution in [1.82, 2.24) is 10.6 Å². The molecule has 3 amide bonds. The van der Waals surface area contributed by atoms with E-state index in [1.54, 1.807) is 6.92 Å². The molecule has 3 N–H and O–H groups in total. The minimum absolute atomic E-state index is 0.243. The van der Waals surface area contributed by atoms with Crippen molar-refractivity contribution >= 4 is 23.3 Å². The molecule has 0 saturated heterocycles. The van der Waals surface area contributed by atoms with Gasteiger partial charge >= 0.3 is 6.03 Å². The van der Waals surface area contributed by atoms with Gasteiger partial charge in [-0.3, -0.25) is 4.79 Å². The van der Waals surface area contributed by atoms with E-state index in [0.717, 1.165) is 22.5 Å². The van der Waals surface area contributed by atoms with Crippen molar-refractivity contribution in [3.8, 4) is 0 Å². The molecule has 0 aromatic heterocycles. The van der Waals surface area contributed by atoms with Gasteiger partial charge in [0, 0.05) is 31.2 Å². The van der Waals surface area contributed by atoms with E-state index >= 15 is 0 Å². The number of aryl methyl sites for hydroxylation is 1. The highest BCUT2D eigenvalue weighted by atomic mass is 16.2. The van der Waals surface area contributed by atoms with E-state index in [2.05, 4.69) is 16.0 Å². The third kappa shape index (κ3) is 4.11. The highest BCUT2D eigenvalue weighted by molar-refractivity contribution is 6.06. The van der Waals surface area contributed by atoms with E-state index in [4.69, 9.17) is 0 Å². The quantitative estimate of drug-likeness (QED) is 0.779. The zero-order valence-corrected chi connectivity index (χ0v) is 16.0. The summed E-state index contributed by atoms with van der Waals surface area (Å²) in [6.07, 6.45) is 0. The maximum Gasteiger partial charge on any atom is 0.319 e. The van der Waals surface area contributed by atoms with Crippen molar-refractivity contribution in [2.45, 2.75) is 19.9 Å². The van der Waals surface area contributed by atoms with Crippen molar-refractivity contribution < 1.29 is 9.59 Å². The number of anilines is 2. The van der Waals surface area contributed by atoms with Crippen LogP contribution in [0.15, 0.2) is 59.8 Å². The molecular formula is C21H24N4O2. The van der Waals surface area contributed by atoms with Crippen molar-refractivity contribution in [3.63, 3.8) is 0 Å². The van der Waals surface area contributed by atoms with Gasteiger partial charge in [0.25, 0.3) is 5.91 Å². The van der Waals surface area contributed by atoms with Crippen LogP contribution in [0.4, 0.5) is 16.2 Å². The van der Waals surface area contributed by atoms with Gasteiger partial charge in [-0.25, -0.2) is 4.79 Å². The van der Waals surface area contributed by atoms with E-state index in [9.17, 15) is 9.59 Å². The minimum atomic E-state index is -0.514.